The maximum Gasteiger partial charge on any atom is 0.490 e. The van der Waals surface area contributed by atoms with Gasteiger partial charge in [0.15, 0.2) is 0 Å². The van der Waals surface area contributed by atoms with Crippen molar-refractivity contribution >= 4 is 29.6 Å². The van der Waals surface area contributed by atoms with Gasteiger partial charge in [0.1, 0.15) is 19.0 Å². The number of carboxylic acid groups (broad SMARTS) is 1. The molecule has 0 aliphatic heterocycles. The van der Waals surface area contributed by atoms with Crippen LogP contribution >= 0.6 is 0 Å². The third kappa shape index (κ3) is 9.70. The lowest BCUT2D eigenvalue weighted by atomic mass is 10.2. The summed E-state index contributed by atoms with van der Waals surface area (Å²) in [5.41, 5.74) is 11.6. The van der Waals surface area contributed by atoms with E-state index in [0.29, 0.717) is 17.2 Å². The zero-order chi connectivity index (χ0) is 27.5. The van der Waals surface area contributed by atoms with Gasteiger partial charge in [-0.15, -0.1) is 0 Å². The number of nitrogens with zero attached hydrogens (tertiary/aromatic N) is 3. The highest BCUT2D eigenvalue weighted by molar-refractivity contribution is 5.76. The van der Waals surface area contributed by atoms with E-state index in [4.69, 9.17) is 20.4 Å². The van der Waals surface area contributed by atoms with E-state index in [-0.39, 0.29) is 31.4 Å². The zero-order valence-electron chi connectivity index (χ0n) is 19.2. The molecule has 16 heteroatoms. The Morgan fingerprint density at radius 1 is 1.28 bits per heavy atom. The first-order valence-electron chi connectivity index (χ1n) is 9.91. The third-order valence-corrected chi connectivity index (χ3v) is 4.11. The minimum atomic E-state index is -5.08. The Kier molecular flexibility index (Phi) is 10.9. The molecular weight excluding hydrogens is 491 g/mol. The number of hydrogen-bond donors (Lipinski definition) is 5. The van der Waals surface area contributed by atoms with E-state index in [1.54, 1.807) is 26.0 Å². The number of anilines is 2. The number of carbonyl (C=O) groups excluding carboxylic acids is 2. The minimum Gasteiger partial charge on any atom is -0.475 e. The summed E-state index contributed by atoms with van der Waals surface area (Å²) >= 11 is 0. The van der Waals surface area contributed by atoms with Crippen molar-refractivity contribution in [2.75, 3.05) is 17.8 Å². The SMILES string of the molecule is C=CCOC(=O)NNc1ncc(C)n(CC(=O)NCc2ccc(N)nc2C)c1=O.O=C(O)C(F)(F)F. The Hall–Kier alpha value is -4.63. The highest BCUT2D eigenvalue weighted by Crippen LogP contribution is 2.13. The zero-order valence-corrected chi connectivity index (χ0v) is 19.2. The molecule has 0 aliphatic rings. The number of ether oxygens (including phenoxy) is 1. The fourth-order valence-corrected chi connectivity index (χ4v) is 2.32. The van der Waals surface area contributed by atoms with E-state index in [1.807, 2.05) is 0 Å². The van der Waals surface area contributed by atoms with Crippen molar-refractivity contribution in [3.8, 4) is 0 Å². The van der Waals surface area contributed by atoms with Crippen LogP contribution in [-0.4, -0.2) is 50.4 Å². The van der Waals surface area contributed by atoms with Gasteiger partial charge >= 0.3 is 18.2 Å². The summed E-state index contributed by atoms with van der Waals surface area (Å²) in [5, 5.41) is 9.86. The summed E-state index contributed by atoms with van der Waals surface area (Å²) in [7, 11) is 0. The van der Waals surface area contributed by atoms with Gasteiger partial charge in [-0.05, 0) is 25.5 Å². The molecule has 0 spiro atoms. The van der Waals surface area contributed by atoms with E-state index in [2.05, 4.69) is 32.7 Å². The lowest BCUT2D eigenvalue weighted by Gasteiger charge is -2.13. The second kappa shape index (κ2) is 13.3. The quantitative estimate of drug-likeness (QED) is 0.251. The molecule has 2 rings (SSSR count). The van der Waals surface area contributed by atoms with Gasteiger partial charge in [0.05, 0.1) is 0 Å². The Morgan fingerprint density at radius 2 is 1.92 bits per heavy atom. The lowest BCUT2D eigenvalue weighted by Crippen LogP contribution is -2.38. The number of aromatic nitrogens is 3. The summed E-state index contributed by atoms with van der Waals surface area (Å²) in [5.74, 6) is -2.88. The number of nitrogens with one attached hydrogen (secondary N) is 3. The molecule has 0 saturated carbocycles. The molecule has 196 valence electrons. The summed E-state index contributed by atoms with van der Waals surface area (Å²) in [4.78, 5) is 53.2. The van der Waals surface area contributed by atoms with Crippen molar-refractivity contribution in [2.45, 2.75) is 33.1 Å². The topological polar surface area (TPSA) is 191 Å². The largest absolute Gasteiger partial charge is 0.490 e. The number of carboxylic acids is 1. The van der Waals surface area contributed by atoms with Crippen molar-refractivity contribution < 1.29 is 37.4 Å². The number of rotatable bonds is 8. The van der Waals surface area contributed by atoms with Gasteiger partial charge < -0.3 is 20.9 Å². The van der Waals surface area contributed by atoms with Gasteiger partial charge in [0.25, 0.3) is 5.56 Å². The van der Waals surface area contributed by atoms with Crippen LogP contribution in [0.5, 0.6) is 0 Å². The fourth-order valence-electron chi connectivity index (χ4n) is 2.32. The van der Waals surface area contributed by atoms with Crippen molar-refractivity contribution in [2.24, 2.45) is 0 Å². The number of pyridine rings is 1. The first-order chi connectivity index (χ1) is 16.8. The van der Waals surface area contributed by atoms with Gasteiger partial charge in [-0.3, -0.25) is 19.6 Å². The molecule has 0 unspecified atom stereocenters. The Morgan fingerprint density at radius 3 is 2.47 bits per heavy atom. The van der Waals surface area contributed by atoms with Crippen LogP contribution in [-0.2, 0) is 27.4 Å². The van der Waals surface area contributed by atoms with Crippen LogP contribution in [0.2, 0.25) is 0 Å². The van der Waals surface area contributed by atoms with E-state index in [0.717, 1.165) is 5.56 Å². The molecule has 0 saturated heterocycles. The number of aryl methyl sites for hydroxylation is 2. The molecule has 0 fully saturated rings. The molecule has 2 amide bonds. The van der Waals surface area contributed by atoms with Gasteiger partial charge in [-0.1, -0.05) is 18.7 Å². The molecule has 0 bridgehead atoms. The molecule has 0 radical (unpaired) electrons. The van der Waals surface area contributed by atoms with Crippen LogP contribution in [0.15, 0.2) is 35.8 Å². The van der Waals surface area contributed by atoms with Crippen LogP contribution in [0.1, 0.15) is 17.0 Å². The summed E-state index contributed by atoms with van der Waals surface area (Å²) in [6.45, 7) is 6.90. The van der Waals surface area contributed by atoms with Gasteiger partial charge in [-0.25, -0.2) is 25.0 Å². The number of hydrogen-bond acceptors (Lipinski definition) is 9. The number of halogens is 3. The first kappa shape index (κ1) is 29.4. The van der Waals surface area contributed by atoms with Crippen molar-refractivity contribution in [3.63, 3.8) is 0 Å². The number of carbonyl (C=O) groups is 3. The van der Waals surface area contributed by atoms with E-state index in [9.17, 15) is 27.6 Å². The highest BCUT2D eigenvalue weighted by Gasteiger charge is 2.38. The normalized spacial score (nSPS) is 10.4. The van der Waals surface area contributed by atoms with Gasteiger partial charge in [0, 0.05) is 24.1 Å². The van der Waals surface area contributed by atoms with E-state index >= 15 is 0 Å². The average Bonchev–Trinajstić information content (AvgIpc) is 2.79. The van der Waals surface area contributed by atoms with Crippen molar-refractivity contribution in [3.05, 3.63) is 58.3 Å². The third-order valence-electron chi connectivity index (χ3n) is 4.11. The second-order valence-electron chi connectivity index (χ2n) is 6.84. The average molecular weight is 515 g/mol. The van der Waals surface area contributed by atoms with Crippen LogP contribution in [0.25, 0.3) is 0 Å². The molecule has 0 aliphatic carbocycles. The Bertz CT molecular complexity index is 1170. The van der Waals surface area contributed by atoms with Crippen molar-refractivity contribution in [1.82, 2.24) is 25.3 Å². The molecule has 2 heterocycles. The molecule has 0 atom stereocenters. The summed E-state index contributed by atoms with van der Waals surface area (Å²) in [6, 6.07) is 3.43. The lowest BCUT2D eigenvalue weighted by molar-refractivity contribution is -0.192. The Balaban J connectivity index is 0.000000809. The second-order valence-corrected chi connectivity index (χ2v) is 6.84. The summed E-state index contributed by atoms with van der Waals surface area (Å²) < 4.78 is 37.7. The molecule has 6 N–H and O–H groups in total. The van der Waals surface area contributed by atoms with Gasteiger partial charge in [-0.2, -0.15) is 13.2 Å². The number of amides is 2. The predicted octanol–water partition coefficient (Wildman–Crippen LogP) is 1.03. The molecule has 36 heavy (non-hydrogen) atoms. The maximum atomic E-state index is 12.5. The maximum absolute atomic E-state index is 12.5. The number of aliphatic carboxylic acids is 1. The standard InChI is InChI=1S/C18H23N7O4.C2HF3O2/c1-4-7-29-18(28)24-23-16-17(27)25(11(2)8-21-16)10-15(26)20-9-13-5-6-14(19)22-12(13)3;3-2(4,5)1(6)7/h4-6,8H,1,7,9-10H2,2-3H3,(H2,19,22)(H,20,26)(H,21,23)(H,24,28);(H,6,7). The number of hydrazine groups is 1. The Labute approximate surface area is 202 Å². The van der Waals surface area contributed by atoms with Gasteiger partial charge in [0.2, 0.25) is 11.7 Å². The van der Waals surface area contributed by atoms with Crippen LogP contribution in [0, 0.1) is 13.8 Å². The number of alkyl halides is 3. The van der Waals surface area contributed by atoms with E-state index in [1.165, 1.54) is 16.8 Å². The monoisotopic (exact) mass is 515 g/mol. The molecule has 2 aromatic rings. The molecule has 13 nitrogen and oxygen atoms in total. The van der Waals surface area contributed by atoms with Crippen LogP contribution in [0.3, 0.4) is 0 Å². The predicted molar refractivity (Wildman–Crippen MR) is 120 cm³/mol. The minimum absolute atomic E-state index is 0.0161. The van der Waals surface area contributed by atoms with Crippen LogP contribution < -0.4 is 27.5 Å². The van der Waals surface area contributed by atoms with Crippen molar-refractivity contribution in [1.29, 1.82) is 0 Å². The smallest absolute Gasteiger partial charge is 0.475 e. The van der Waals surface area contributed by atoms with E-state index < -0.39 is 23.8 Å². The molecule has 2 aromatic heterocycles. The number of nitrogens with two attached hydrogens (primary N) is 1. The van der Waals surface area contributed by atoms with Crippen LogP contribution in [0.4, 0.5) is 29.6 Å². The highest BCUT2D eigenvalue weighted by atomic mass is 19.4. The summed E-state index contributed by atoms with van der Waals surface area (Å²) in [6.07, 6.45) is -3.08. The number of nitrogen functional groups attached to an aromatic ring is 1. The molecular formula is C20H24F3N7O6. The molecule has 0 aromatic carbocycles. The first-order valence-corrected chi connectivity index (χ1v) is 9.91. The fraction of sp³-hybridized carbons (Fsp3) is 0.300.